The molecule has 1 aliphatic rings. The minimum atomic E-state index is 0.0289. The van der Waals surface area contributed by atoms with Crippen molar-refractivity contribution in [2.24, 2.45) is 0 Å². The molecule has 0 amide bonds. The van der Waals surface area contributed by atoms with E-state index in [0.717, 1.165) is 0 Å². The molecule has 1 saturated heterocycles. The molecular formula is C6H14N2O2. The molecule has 10 heavy (non-hydrogen) atoms. The molecule has 1 rings (SSSR count). The van der Waals surface area contributed by atoms with Gasteiger partial charge in [-0.15, -0.1) is 0 Å². The van der Waals surface area contributed by atoms with E-state index in [1.54, 1.807) is 0 Å². The van der Waals surface area contributed by atoms with Gasteiger partial charge in [0.15, 0.2) is 0 Å². The van der Waals surface area contributed by atoms with Crippen LogP contribution in [0, 0.1) is 0 Å². The average molecular weight is 146 g/mol. The summed E-state index contributed by atoms with van der Waals surface area (Å²) < 4.78 is 0. The lowest BCUT2D eigenvalue weighted by molar-refractivity contribution is -0.231. The van der Waals surface area contributed by atoms with Crippen molar-refractivity contribution in [1.82, 2.24) is 10.1 Å². The van der Waals surface area contributed by atoms with E-state index in [9.17, 15) is 0 Å². The van der Waals surface area contributed by atoms with E-state index in [-0.39, 0.29) is 12.1 Å². The first-order valence-electron chi connectivity index (χ1n) is 3.52. The first-order chi connectivity index (χ1) is 4.61. The van der Waals surface area contributed by atoms with Crippen LogP contribution in [0.25, 0.3) is 0 Å². The molecule has 0 aromatic carbocycles. The number of hydrogen-bond donors (Lipinski definition) is 2. The fourth-order valence-electron chi connectivity index (χ4n) is 1.09. The Morgan fingerprint density at radius 1 is 1.00 bits per heavy atom. The summed E-state index contributed by atoms with van der Waals surface area (Å²) in [6, 6.07) is 0.0578. The van der Waals surface area contributed by atoms with Crippen molar-refractivity contribution < 1.29 is 10.4 Å². The van der Waals surface area contributed by atoms with Crippen LogP contribution >= 0.6 is 0 Å². The highest BCUT2D eigenvalue weighted by Crippen LogP contribution is 2.09. The van der Waals surface area contributed by atoms with Crippen molar-refractivity contribution in [2.75, 3.05) is 13.1 Å². The molecule has 0 aliphatic carbocycles. The van der Waals surface area contributed by atoms with Gasteiger partial charge in [0.1, 0.15) is 0 Å². The molecule has 0 unspecified atom stereocenters. The molecule has 0 saturated carbocycles. The van der Waals surface area contributed by atoms with Gasteiger partial charge in [0.25, 0.3) is 0 Å². The molecule has 4 nitrogen and oxygen atoms in total. The smallest absolute Gasteiger partial charge is 0.0473 e. The topological polar surface area (TPSA) is 46.9 Å². The second-order valence-electron chi connectivity index (χ2n) is 2.94. The van der Waals surface area contributed by atoms with Crippen LogP contribution < -0.4 is 0 Å². The lowest BCUT2D eigenvalue weighted by Gasteiger charge is -2.37. The summed E-state index contributed by atoms with van der Waals surface area (Å²) in [5.74, 6) is 0. The van der Waals surface area contributed by atoms with E-state index in [4.69, 9.17) is 10.4 Å². The fourth-order valence-corrected chi connectivity index (χ4v) is 1.09. The number of rotatable bonds is 0. The summed E-state index contributed by atoms with van der Waals surface area (Å²) in [6.45, 7) is 4.76. The Kier molecular flexibility index (Phi) is 2.25. The average Bonchev–Trinajstić information content (AvgIpc) is 1.84. The lowest BCUT2D eigenvalue weighted by Crippen LogP contribution is -2.53. The highest BCUT2D eigenvalue weighted by molar-refractivity contribution is 4.74. The predicted octanol–water partition coefficient (Wildman–Crippen LogP) is 0.159. The van der Waals surface area contributed by atoms with Gasteiger partial charge in [-0.2, -0.15) is 10.1 Å². The van der Waals surface area contributed by atoms with E-state index in [1.807, 2.05) is 13.8 Å². The molecule has 4 heteroatoms. The predicted molar refractivity (Wildman–Crippen MR) is 35.9 cm³/mol. The Labute approximate surface area is 60.6 Å². The Hall–Kier alpha value is -0.160. The highest BCUT2D eigenvalue weighted by Gasteiger charge is 2.26. The Morgan fingerprint density at radius 2 is 1.30 bits per heavy atom. The molecule has 2 N–H and O–H groups in total. The maximum absolute atomic E-state index is 9.16. The quantitative estimate of drug-likeness (QED) is 0.511. The highest BCUT2D eigenvalue weighted by atomic mass is 16.5. The van der Waals surface area contributed by atoms with Crippen molar-refractivity contribution in [3.63, 3.8) is 0 Å². The standard InChI is InChI=1S/C6H14N2O2/c1-5-3-8(10)6(2)4-7(5)9/h5-6,9-10H,3-4H2,1-2H3/t5-,6-/m0/s1. The fraction of sp³-hybridized carbons (Fsp3) is 1.00. The minimum absolute atomic E-state index is 0.0289. The first-order valence-corrected chi connectivity index (χ1v) is 3.52. The third kappa shape index (κ3) is 1.46. The van der Waals surface area contributed by atoms with Gasteiger partial charge < -0.3 is 10.4 Å². The van der Waals surface area contributed by atoms with Crippen LogP contribution in [0.15, 0.2) is 0 Å². The van der Waals surface area contributed by atoms with E-state index in [2.05, 4.69) is 0 Å². The second kappa shape index (κ2) is 2.84. The van der Waals surface area contributed by atoms with E-state index in [0.29, 0.717) is 13.1 Å². The summed E-state index contributed by atoms with van der Waals surface area (Å²) in [6.07, 6.45) is 0. The Bertz CT molecular complexity index is 94.3. The lowest BCUT2D eigenvalue weighted by atomic mass is 10.2. The molecule has 0 radical (unpaired) electrons. The SMILES string of the molecule is C[C@H]1CN(O)[C@@H](C)CN1O. The summed E-state index contributed by atoms with van der Waals surface area (Å²) in [5, 5.41) is 20.8. The van der Waals surface area contributed by atoms with Crippen molar-refractivity contribution in [1.29, 1.82) is 0 Å². The van der Waals surface area contributed by atoms with Crippen molar-refractivity contribution in [3.8, 4) is 0 Å². The van der Waals surface area contributed by atoms with Crippen molar-refractivity contribution in [2.45, 2.75) is 25.9 Å². The van der Waals surface area contributed by atoms with E-state index in [1.165, 1.54) is 10.1 Å². The summed E-state index contributed by atoms with van der Waals surface area (Å²) >= 11 is 0. The van der Waals surface area contributed by atoms with Crippen LogP contribution in [0.4, 0.5) is 0 Å². The van der Waals surface area contributed by atoms with Crippen LogP contribution in [-0.4, -0.2) is 45.7 Å². The van der Waals surface area contributed by atoms with E-state index >= 15 is 0 Å². The van der Waals surface area contributed by atoms with Crippen LogP contribution in [0.1, 0.15) is 13.8 Å². The Balaban J connectivity index is 2.46. The maximum Gasteiger partial charge on any atom is 0.0473 e. The van der Waals surface area contributed by atoms with Crippen molar-refractivity contribution in [3.05, 3.63) is 0 Å². The maximum atomic E-state index is 9.16. The zero-order chi connectivity index (χ0) is 7.72. The van der Waals surface area contributed by atoms with Gasteiger partial charge in [-0.25, -0.2) is 0 Å². The van der Waals surface area contributed by atoms with E-state index < -0.39 is 0 Å². The monoisotopic (exact) mass is 146 g/mol. The molecule has 1 heterocycles. The van der Waals surface area contributed by atoms with Crippen LogP contribution in [0.5, 0.6) is 0 Å². The third-order valence-electron chi connectivity index (χ3n) is 1.92. The largest absolute Gasteiger partial charge is 0.314 e. The number of hydrogen-bond acceptors (Lipinski definition) is 4. The normalized spacial score (nSPS) is 38.4. The number of piperazine rings is 1. The molecule has 0 spiro atoms. The number of hydroxylamine groups is 4. The third-order valence-corrected chi connectivity index (χ3v) is 1.92. The molecular weight excluding hydrogens is 132 g/mol. The molecule has 0 bridgehead atoms. The number of nitrogens with zero attached hydrogens (tertiary/aromatic N) is 2. The van der Waals surface area contributed by atoms with Gasteiger partial charge in [0.05, 0.1) is 0 Å². The molecule has 60 valence electrons. The zero-order valence-electron chi connectivity index (χ0n) is 6.36. The Morgan fingerprint density at radius 3 is 1.60 bits per heavy atom. The molecule has 1 aliphatic heterocycles. The molecule has 0 aromatic rings. The zero-order valence-corrected chi connectivity index (χ0v) is 6.36. The van der Waals surface area contributed by atoms with Gasteiger partial charge in [-0.3, -0.25) is 0 Å². The van der Waals surface area contributed by atoms with Gasteiger partial charge in [-0.1, -0.05) is 0 Å². The molecule has 0 aromatic heterocycles. The summed E-state index contributed by atoms with van der Waals surface area (Å²) in [7, 11) is 0. The van der Waals surface area contributed by atoms with Gasteiger partial charge in [0, 0.05) is 25.2 Å². The van der Waals surface area contributed by atoms with Crippen LogP contribution in [0.3, 0.4) is 0 Å². The first kappa shape index (κ1) is 7.94. The second-order valence-corrected chi connectivity index (χ2v) is 2.94. The van der Waals surface area contributed by atoms with Gasteiger partial charge in [0.2, 0.25) is 0 Å². The van der Waals surface area contributed by atoms with Crippen LogP contribution in [0.2, 0.25) is 0 Å². The van der Waals surface area contributed by atoms with Crippen LogP contribution in [-0.2, 0) is 0 Å². The summed E-state index contributed by atoms with van der Waals surface area (Å²) in [5.41, 5.74) is 0. The minimum Gasteiger partial charge on any atom is -0.314 e. The summed E-state index contributed by atoms with van der Waals surface area (Å²) in [4.78, 5) is 0. The van der Waals surface area contributed by atoms with Gasteiger partial charge in [-0.05, 0) is 13.8 Å². The van der Waals surface area contributed by atoms with Gasteiger partial charge >= 0.3 is 0 Å². The molecule has 2 atom stereocenters. The molecule has 1 fully saturated rings. The van der Waals surface area contributed by atoms with Crippen molar-refractivity contribution >= 4 is 0 Å².